The molecule has 1 aromatic heterocycles. The summed E-state index contributed by atoms with van der Waals surface area (Å²) in [6.45, 7) is 5.92. The maximum Gasteiger partial charge on any atom is 0.278 e. The Morgan fingerprint density at radius 3 is 2.85 bits per heavy atom. The van der Waals surface area contributed by atoms with Crippen LogP contribution in [0.1, 0.15) is 18.9 Å². The van der Waals surface area contributed by atoms with Crippen LogP contribution in [0.15, 0.2) is 29.6 Å². The van der Waals surface area contributed by atoms with Gasteiger partial charge in [0.2, 0.25) is 0 Å². The van der Waals surface area contributed by atoms with Crippen molar-refractivity contribution in [2.24, 2.45) is 5.92 Å². The first kappa shape index (κ1) is 14.6. The number of nitrogens with one attached hydrogen (secondary N) is 1. The lowest BCUT2D eigenvalue weighted by Gasteiger charge is -2.04. The second-order valence-corrected chi connectivity index (χ2v) is 5.87. The predicted octanol–water partition coefficient (Wildman–Crippen LogP) is 3.46. The zero-order chi connectivity index (χ0) is 14.5. The molecule has 1 N–H and O–H groups in total. The summed E-state index contributed by atoms with van der Waals surface area (Å²) < 4.78 is 0. The van der Waals surface area contributed by atoms with Gasteiger partial charge in [-0.15, -0.1) is 11.3 Å². The second kappa shape index (κ2) is 6.58. The lowest BCUT2D eigenvalue weighted by Crippen LogP contribution is -2.18. The molecule has 2 rings (SSSR count). The number of nitro groups is 1. The summed E-state index contributed by atoms with van der Waals surface area (Å²) in [5.41, 5.74) is 1.34. The molecule has 0 atom stereocenters. The molecule has 0 aliphatic rings. The Labute approximate surface area is 121 Å². The highest BCUT2D eigenvalue weighted by molar-refractivity contribution is 7.09. The number of aromatic nitrogens is 1. The van der Waals surface area contributed by atoms with E-state index in [0.29, 0.717) is 23.7 Å². The quantitative estimate of drug-likeness (QED) is 0.653. The van der Waals surface area contributed by atoms with Crippen molar-refractivity contribution >= 4 is 17.0 Å². The van der Waals surface area contributed by atoms with E-state index in [1.807, 2.05) is 5.38 Å². The predicted molar refractivity (Wildman–Crippen MR) is 80.7 cm³/mol. The van der Waals surface area contributed by atoms with E-state index in [1.165, 1.54) is 17.4 Å². The summed E-state index contributed by atoms with van der Waals surface area (Å²) in [5.74, 6) is 0.588. The fraction of sp³-hybridized carbons (Fsp3) is 0.357. The Kier molecular flexibility index (Phi) is 4.81. The van der Waals surface area contributed by atoms with E-state index in [1.54, 1.807) is 18.2 Å². The fourth-order valence-electron chi connectivity index (χ4n) is 1.83. The van der Waals surface area contributed by atoms with Crippen molar-refractivity contribution in [3.8, 4) is 11.3 Å². The Morgan fingerprint density at radius 2 is 2.15 bits per heavy atom. The molecule has 0 radical (unpaired) electrons. The number of nitro benzene ring substituents is 1. The van der Waals surface area contributed by atoms with Crippen LogP contribution in [0.25, 0.3) is 11.3 Å². The van der Waals surface area contributed by atoms with E-state index in [4.69, 9.17) is 0 Å². The molecule has 2 aromatic rings. The number of nitrogens with zero attached hydrogens (tertiary/aromatic N) is 2. The molecule has 5 nitrogen and oxygen atoms in total. The van der Waals surface area contributed by atoms with Gasteiger partial charge in [-0.1, -0.05) is 26.0 Å². The molecule has 0 bridgehead atoms. The van der Waals surface area contributed by atoms with E-state index < -0.39 is 0 Å². The van der Waals surface area contributed by atoms with E-state index in [9.17, 15) is 10.1 Å². The third-order valence-corrected chi connectivity index (χ3v) is 3.61. The van der Waals surface area contributed by atoms with Crippen LogP contribution in [0.2, 0.25) is 0 Å². The molecule has 0 unspecified atom stereocenters. The van der Waals surface area contributed by atoms with Crippen LogP contribution in [0.5, 0.6) is 0 Å². The molecule has 0 aliphatic heterocycles. The van der Waals surface area contributed by atoms with Crippen LogP contribution in [0, 0.1) is 16.0 Å². The van der Waals surface area contributed by atoms with Gasteiger partial charge in [-0.05, 0) is 18.5 Å². The Balaban J connectivity index is 2.15. The Bertz CT molecular complexity index is 596. The minimum atomic E-state index is -0.370. The van der Waals surface area contributed by atoms with Crippen LogP contribution < -0.4 is 5.32 Å². The van der Waals surface area contributed by atoms with Gasteiger partial charge in [0.25, 0.3) is 5.69 Å². The maximum atomic E-state index is 11.0. The van der Waals surface area contributed by atoms with Crippen LogP contribution >= 0.6 is 11.3 Å². The highest BCUT2D eigenvalue weighted by atomic mass is 32.1. The standard InChI is InChI=1S/C14H17N3O2S/c1-10(2)7-15-8-14-16-12(9-20-14)11-5-3-4-6-13(11)17(18)19/h3-6,9-10,15H,7-8H2,1-2H3. The van der Waals surface area contributed by atoms with Crippen molar-refractivity contribution in [3.63, 3.8) is 0 Å². The zero-order valence-corrected chi connectivity index (χ0v) is 12.3. The summed E-state index contributed by atoms with van der Waals surface area (Å²) in [7, 11) is 0. The number of para-hydroxylation sites is 1. The number of hydrogen-bond donors (Lipinski definition) is 1. The molecular formula is C14H17N3O2S. The van der Waals surface area contributed by atoms with Gasteiger partial charge in [0, 0.05) is 18.0 Å². The molecule has 0 saturated heterocycles. The van der Waals surface area contributed by atoms with Gasteiger partial charge in [-0.3, -0.25) is 10.1 Å². The second-order valence-electron chi connectivity index (χ2n) is 4.93. The molecule has 20 heavy (non-hydrogen) atoms. The van der Waals surface area contributed by atoms with Crippen molar-refractivity contribution in [1.29, 1.82) is 0 Å². The molecule has 106 valence electrons. The molecule has 6 heteroatoms. The SMILES string of the molecule is CC(C)CNCc1nc(-c2ccccc2[N+](=O)[O-])cs1. The van der Waals surface area contributed by atoms with Crippen LogP contribution in [-0.2, 0) is 6.54 Å². The minimum Gasteiger partial charge on any atom is -0.310 e. The molecule has 1 aromatic carbocycles. The van der Waals surface area contributed by atoms with Crippen LogP contribution in [0.3, 0.4) is 0 Å². The van der Waals surface area contributed by atoms with Gasteiger partial charge < -0.3 is 5.32 Å². The van der Waals surface area contributed by atoms with Gasteiger partial charge in [0.1, 0.15) is 5.01 Å². The zero-order valence-electron chi connectivity index (χ0n) is 11.5. The summed E-state index contributed by atoms with van der Waals surface area (Å²) in [5, 5.41) is 17.1. The molecule has 0 spiro atoms. The van der Waals surface area contributed by atoms with Crippen molar-refractivity contribution in [3.05, 3.63) is 44.8 Å². The molecule has 0 aliphatic carbocycles. The lowest BCUT2D eigenvalue weighted by atomic mass is 10.1. The van der Waals surface area contributed by atoms with Gasteiger partial charge >= 0.3 is 0 Å². The normalized spacial score (nSPS) is 10.9. The number of thiazole rings is 1. The first-order valence-electron chi connectivity index (χ1n) is 6.47. The van der Waals surface area contributed by atoms with E-state index in [2.05, 4.69) is 24.1 Å². The van der Waals surface area contributed by atoms with Gasteiger partial charge in [-0.25, -0.2) is 4.98 Å². The molecule has 0 fully saturated rings. The van der Waals surface area contributed by atoms with Gasteiger partial charge in [0.05, 0.1) is 16.2 Å². The van der Waals surface area contributed by atoms with Gasteiger partial charge in [0.15, 0.2) is 0 Å². The average molecular weight is 291 g/mol. The van der Waals surface area contributed by atoms with Crippen molar-refractivity contribution in [2.45, 2.75) is 20.4 Å². The maximum absolute atomic E-state index is 11.0. The van der Waals surface area contributed by atoms with Gasteiger partial charge in [-0.2, -0.15) is 0 Å². The topological polar surface area (TPSA) is 68.1 Å². The Morgan fingerprint density at radius 1 is 1.40 bits per heavy atom. The van der Waals surface area contributed by atoms with Crippen LogP contribution in [0.4, 0.5) is 5.69 Å². The summed E-state index contributed by atoms with van der Waals surface area (Å²) >= 11 is 1.52. The monoisotopic (exact) mass is 291 g/mol. The highest BCUT2D eigenvalue weighted by Crippen LogP contribution is 2.30. The first-order chi connectivity index (χ1) is 9.58. The molecular weight excluding hydrogens is 274 g/mol. The van der Waals surface area contributed by atoms with Crippen molar-refractivity contribution in [1.82, 2.24) is 10.3 Å². The van der Waals surface area contributed by atoms with Crippen LogP contribution in [-0.4, -0.2) is 16.5 Å². The van der Waals surface area contributed by atoms with E-state index >= 15 is 0 Å². The third-order valence-electron chi connectivity index (χ3n) is 2.76. The smallest absolute Gasteiger partial charge is 0.278 e. The average Bonchev–Trinajstić information content (AvgIpc) is 2.87. The minimum absolute atomic E-state index is 0.0967. The molecule has 0 amide bonds. The largest absolute Gasteiger partial charge is 0.310 e. The molecule has 1 heterocycles. The highest BCUT2D eigenvalue weighted by Gasteiger charge is 2.16. The third kappa shape index (κ3) is 3.61. The van der Waals surface area contributed by atoms with E-state index in [-0.39, 0.29) is 10.6 Å². The summed E-state index contributed by atoms with van der Waals surface area (Å²) in [6.07, 6.45) is 0. The Hall–Kier alpha value is -1.79. The fourth-order valence-corrected chi connectivity index (χ4v) is 2.60. The van der Waals surface area contributed by atoms with E-state index in [0.717, 1.165) is 11.6 Å². The number of hydrogen-bond acceptors (Lipinski definition) is 5. The van der Waals surface area contributed by atoms with Crippen molar-refractivity contribution in [2.75, 3.05) is 6.54 Å². The number of benzene rings is 1. The van der Waals surface area contributed by atoms with Crippen molar-refractivity contribution < 1.29 is 4.92 Å². The molecule has 0 saturated carbocycles. The lowest BCUT2D eigenvalue weighted by molar-refractivity contribution is -0.384. The summed E-state index contributed by atoms with van der Waals surface area (Å²) in [6, 6.07) is 6.70. The number of rotatable bonds is 6. The summed E-state index contributed by atoms with van der Waals surface area (Å²) in [4.78, 5) is 15.1. The first-order valence-corrected chi connectivity index (χ1v) is 7.35.